The Balaban J connectivity index is 1.91. The van der Waals surface area contributed by atoms with E-state index in [0.29, 0.717) is 10.2 Å². The van der Waals surface area contributed by atoms with Crippen LogP contribution >= 0.6 is 15.9 Å². The number of anilines is 1. The Kier molecular flexibility index (Phi) is 6.95. The molecule has 0 saturated heterocycles. The molecule has 1 amide bonds. The number of carbonyl (C=O) groups is 1. The molecule has 30 heavy (non-hydrogen) atoms. The molecular formula is C23H23BrN2O3S. The van der Waals surface area contributed by atoms with Crippen LogP contribution < -0.4 is 9.62 Å². The number of aryl methyl sites for hydroxylation is 1. The van der Waals surface area contributed by atoms with Crippen LogP contribution in [0.25, 0.3) is 0 Å². The minimum absolute atomic E-state index is 0.323. The number of nitrogens with zero attached hydrogens (tertiary/aromatic N) is 1. The van der Waals surface area contributed by atoms with Crippen molar-refractivity contribution in [3.05, 3.63) is 100 Å². The van der Waals surface area contributed by atoms with Gasteiger partial charge in [-0.15, -0.1) is 0 Å². The average Bonchev–Trinajstić information content (AvgIpc) is 2.71. The van der Waals surface area contributed by atoms with Crippen molar-refractivity contribution in [2.45, 2.75) is 13.0 Å². The predicted octanol–water partition coefficient (Wildman–Crippen LogP) is 4.43. The second kappa shape index (κ2) is 9.45. The summed E-state index contributed by atoms with van der Waals surface area (Å²) in [4.78, 5) is 13.0. The van der Waals surface area contributed by atoms with Gasteiger partial charge in [0.15, 0.2) is 0 Å². The molecule has 0 aliphatic rings. The molecule has 1 N–H and O–H groups in total. The number of hydrogen-bond donors (Lipinski definition) is 1. The van der Waals surface area contributed by atoms with Crippen LogP contribution in [0.2, 0.25) is 0 Å². The average molecular weight is 487 g/mol. The van der Waals surface area contributed by atoms with Gasteiger partial charge in [-0.1, -0.05) is 72.3 Å². The number of amides is 1. The van der Waals surface area contributed by atoms with Gasteiger partial charge < -0.3 is 5.32 Å². The van der Waals surface area contributed by atoms with Crippen molar-refractivity contribution in [2.75, 3.05) is 17.1 Å². The van der Waals surface area contributed by atoms with Gasteiger partial charge in [-0.2, -0.15) is 0 Å². The quantitative estimate of drug-likeness (QED) is 0.536. The molecule has 0 saturated carbocycles. The van der Waals surface area contributed by atoms with Gasteiger partial charge in [0.25, 0.3) is 0 Å². The standard InChI is InChI=1S/C23H23BrN2O3S/c1-17-9-8-12-19(15-17)23(18-10-4-3-5-11-18)25-22(27)16-26(30(2,28)29)21-14-7-6-13-20(21)24/h3-15,23H,16H2,1-2H3,(H,25,27). The van der Waals surface area contributed by atoms with E-state index in [9.17, 15) is 13.2 Å². The molecule has 3 aromatic carbocycles. The lowest BCUT2D eigenvalue weighted by molar-refractivity contribution is -0.120. The highest BCUT2D eigenvalue weighted by Crippen LogP contribution is 2.28. The van der Waals surface area contributed by atoms with E-state index in [1.807, 2.05) is 61.5 Å². The molecule has 0 bridgehead atoms. The van der Waals surface area contributed by atoms with Crippen molar-refractivity contribution >= 4 is 37.5 Å². The third-order valence-electron chi connectivity index (χ3n) is 4.62. The van der Waals surface area contributed by atoms with Crippen molar-refractivity contribution in [3.8, 4) is 0 Å². The Morgan fingerprint density at radius 2 is 1.60 bits per heavy atom. The zero-order chi connectivity index (χ0) is 21.7. The largest absolute Gasteiger partial charge is 0.344 e. The maximum atomic E-state index is 13.0. The zero-order valence-electron chi connectivity index (χ0n) is 16.7. The molecule has 0 aliphatic heterocycles. The van der Waals surface area contributed by atoms with Crippen LogP contribution in [0.4, 0.5) is 5.69 Å². The number of rotatable bonds is 7. The van der Waals surface area contributed by atoms with Crippen molar-refractivity contribution in [1.29, 1.82) is 0 Å². The van der Waals surface area contributed by atoms with Gasteiger partial charge in [0, 0.05) is 4.47 Å². The molecular weight excluding hydrogens is 464 g/mol. The number of halogens is 1. The number of sulfonamides is 1. The van der Waals surface area contributed by atoms with Crippen LogP contribution in [-0.2, 0) is 14.8 Å². The summed E-state index contributed by atoms with van der Waals surface area (Å²) in [5.41, 5.74) is 3.35. The summed E-state index contributed by atoms with van der Waals surface area (Å²) < 4.78 is 26.5. The van der Waals surface area contributed by atoms with Gasteiger partial charge in [-0.3, -0.25) is 9.10 Å². The Hall–Kier alpha value is -2.64. The highest BCUT2D eigenvalue weighted by atomic mass is 79.9. The molecule has 3 rings (SSSR count). The molecule has 1 unspecified atom stereocenters. The molecule has 0 aliphatic carbocycles. The van der Waals surface area contributed by atoms with Crippen molar-refractivity contribution in [2.24, 2.45) is 0 Å². The Labute approximate surface area is 185 Å². The number of carbonyl (C=O) groups excluding carboxylic acids is 1. The smallest absolute Gasteiger partial charge is 0.241 e. The molecule has 1 atom stereocenters. The number of hydrogen-bond acceptors (Lipinski definition) is 3. The second-order valence-corrected chi connectivity index (χ2v) is 9.81. The van der Waals surface area contributed by atoms with Gasteiger partial charge >= 0.3 is 0 Å². The van der Waals surface area contributed by atoms with Gasteiger partial charge in [-0.25, -0.2) is 8.42 Å². The first-order valence-electron chi connectivity index (χ1n) is 9.39. The van der Waals surface area contributed by atoms with E-state index in [-0.39, 0.29) is 12.6 Å². The lowest BCUT2D eigenvalue weighted by Gasteiger charge is -2.25. The fourth-order valence-corrected chi connectivity index (χ4v) is 4.71. The third-order valence-corrected chi connectivity index (χ3v) is 6.42. The number of nitrogens with one attached hydrogen (secondary N) is 1. The molecule has 5 nitrogen and oxygen atoms in total. The highest BCUT2D eigenvalue weighted by Gasteiger charge is 2.25. The molecule has 0 spiro atoms. The van der Waals surface area contributed by atoms with Crippen LogP contribution in [-0.4, -0.2) is 27.1 Å². The summed E-state index contributed by atoms with van der Waals surface area (Å²) in [6.07, 6.45) is 1.09. The molecule has 156 valence electrons. The lowest BCUT2D eigenvalue weighted by Crippen LogP contribution is -2.42. The Bertz CT molecular complexity index is 1130. The lowest BCUT2D eigenvalue weighted by atomic mass is 9.97. The van der Waals surface area contributed by atoms with E-state index in [0.717, 1.165) is 27.3 Å². The summed E-state index contributed by atoms with van der Waals surface area (Å²) in [5, 5.41) is 3.01. The Morgan fingerprint density at radius 1 is 0.967 bits per heavy atom. The topological polar surface area (TPSA) is 66.5 Å². The highest BCUT2D eigenvalue weighted by molar-refractivity contribution is 9.10. The van der Waals surface area contributed by atoms with Gasteiger partial charge in [0.05, 0.1) is 18.0 Å². The first-order chi connectivity index (χ1) is 14.3. The van der Waals surface area contributed by atoms with Crippen molar-refractivity contribution in [1.82, 2.24) is 5.32 Å². The predicted molar refractivity (Wildman–Crippen MR) is 124 cm³/mol. The van der Waals surface area contributed by atoms with Gasteiger partial charge in [0.2, 0.25) is 15.9 Å². The van der Waals surface area contributed by atoms with Crippen LogP contribution in [0.1, 0.15) is 22.7 Å². The SMILES string of the molecule is Cc1cccc(C(NC(=O)CN(c2ccccc2Br)S(C)(=O)=O)c2ccccc2)c1. The summed E-state index contributed by atoms with van der Waals surface area (Å²) in [6.45, 7) is 1.67. The minimum atomic E-state index is -3.66. The normalized spacial score (nSPS) is 12.2. The molecule has 0 fully saturated rings. The van der Waals surface area contributed by atoms with Gasteiger partial charge in [-0.05, 0) is 46.1 Å². The van der Waals surface area contributed by atoms with Crippen LogP contribution in [0.3, 0.4) is 0 Å². The van der Waals surface area contributed by atoms with Crippen LogP contribution in [0.5, 0.6) is 0 Å². The maximum absolute atomic E-state index is 13.0. The van der Waals surface area contributed by atoms with Crippen LogP contribution in [0, 0.1) is 6.92 Å². The minimum Gasteiger partial charge on any atom is -0.344 e. The molecule has 3 aromatic rings. The molecule has 0 radical (unpaired) electrons. The third kappa shape index (κ3) is 5.49. The Morgan fingerprint density at radius 3 is 2.23 bits per heavy atom. The summed E-state index contributed by atoms with van der Waals surface area (Å²) in [6, 6.07) is 24.0. The van der Waals surface area contributed by atoms with Crippen LogP contribution in [0.15, 0.2) is 83.3 Å². The summed E-state index contributed by atoms with van der Waals surface area (Å²) in [5.74, 6) is -0.397. The first kappa shape index (κ1) is 22.1. The zero-order valence-corrected chi connectivity index (χ0v) is 19.2. The van der Waals surface area contributed by atoms with E-state index in [4.69, 9.17) is 0 Å². The molecule has 7 heteroatoms. The first-order valence-corrected chi connectivity index (χ1v) is 12.0. The summed E-state index contributed by atoms with van der Waals surface area (Å²) in [7, 11) is -3.66. The molecule has 0 heterocycles. The van der Waals surface area contributed by atoms with E-state index in [2.05, 4.69) is 21.2 Å². The fraction of sp³-hybridized carbons (Fsp3) is 0.174. The molecule has 0 aromatic heterocycles. The maximum Gasteiger partial charge on any atom is 0.241 e. The van der Waals surface area contributed by atoms with Gasteiger partial charge in [0.1, 0.15) is 6.54 Å². The number of benzene rings is 3. The monoisotopic (exact) mass is 486 g/mol. The fourth-order valence-electron chi connectivity index (χ4n) is 3.23. The van der Waals surface area contributed by atoms with Crippen molar-refractivity contribution in [3.63, 3.8) is 0 Å². The van der Waals surface area contributed by atoms with Crippen molar-refractivity contribution < 1.29 is 13.2 Å². The van der Waals surface area contributed by atoms with E-state index in [1.165, 1.54) is 0 Å². The van der Waals surface area contributed by atoms with E-state index >= 15 is 0 Å². The van der Waals surface area contributed by atoms with E-state index in [1.54, 1.807) is 24.3 Å². The second-order valence-electron chi connectivity index (χ2n) is 7.05. The summed E-state index contributed by atoms with van der Waals surface area (Å²) >= 11 is 3.37. The number of para-hydroxylation sites is 1. The van der Waals surface area contributed by atoms with E-state index < -0.39 is 15.9 Å².